The first-order chi connectivity index (χ1) is 14.6. The molecule has 3 aromatic rings. The number of hydrogen-bond acceptors (Lipinski definition) is 5. The molecular weight excluding hydrogens is 451 g/mol. The van der Waals surface area contributed by atoms with Crippen molar-refractivity contribution in [2.75, 3.05) is 11.1 Å². The Morgan fingerprint density at radius 2 is 1.94 bits per heavy atom. The van der Waals surface area contributed by atoms with Crippen molar-refractivity contribution in [1.29, 1.82) is 0 Å². The molecule has 0 atom stereocenters. The molecule has 2 aromatic heterocycles. The van der Waals surface area contributed by atoms with E-state index in [0.29, 0.717) is 17.5 Å². The highest BCUT2D eigenvalue weighted by Crippen LogP contribution is 2.36. The summed E-state index contributed by atoms with van der Waals surface area (Å²) in [6.07, 6.45) is -1.34. The third kappa shape index (κ3) is 5.86. The SMILES string of the molecule is C=C(C)Cn1c(SCC(=O)Nc2ccc(Cl)c(C(F)(F)F)c2)nnc1-c1ccncc1. The molecular formula is C20H17ClF3N5OS. The summed E-state index contributed by atoms with van der Waals surface area (Å²) in [7, 11) is 0. The van der Waals surface area contributed by atoms with Crippen molar-refractivity contribution in [3.8, 4) is 11.4 Å². The fourth-order valence-electron chi connectivity index (χ4n) is 2.67. The Morgan fingerprint density at radius 1 is 1.23 bits per heavy atom. The predicted octanol–water partition coefficient (Wildman–Crippen LogP) is 5.32. The molecule has 0 bridgehead atoms. The van der Waals surface area contributed by atoms with Crippen LogP contribution in [-0.4, -0.2) is 31.4 Å². The summed E-state index contributed by atoms with van der Waals surface area (Å²) in [5, 5.41) is 10.9. The monoisotopic (exact) mass is 467 g/mol. The van der Waals surface area contributed by atoms with Crippen LogP contribution >= 0.6 is 23.4 Å². The first kappa shape index (κ1) is 22.8. The van der Waals surface area contributed by atoms with E-state index in [-0.39, 0.29) is 11.4 Å². The van der Waals surface area contributed by atoms with Gasteiger partial charge in [-0.05, 0) is 37.3 Å². The number of carbonyl (C=O) groups is 1. The molecule has 0 saturated heterocycles. The van der Waals surface area contributed by atoms with Crippen LogP contribution < -0.4 is 5.32 Å². The zero-order valence-corrected chi connectivity index (χ0v) is 17.9. The van der Waals surface area contributed by atoms with E-state index < -0.39 is 22.7 Å². The van der Waals surface area contributed by atoms with Gasteiger partial charge in [-0.2, -0.15) is 13.2 Å². The highest BCUT2D eigenvalue weighted by Gasteiger charge is 2.33. The summed E-state index contributed by atoms with van der Waals surface area (Å²) in [5.41, 5.74) is 0.661. The Hall–Kier alpha value is -2.85. The summed E-state index contributed by atoms with van der Waals surface area (Å²) in [6.45, 7) is 6.21. The highest BCUT2D eigenvalue weighted by molar-refractivity contribution is 7.99. The number of alkyl halides is 3. The molecule has 162 valence electrons. The number of anilines is 1. The Labute approximate surface area is 185 Å². The molecule has 6 nitrogen and oxygen atoms in total. The molecule has 1 amide bonds. The van der Waals surface area contributed by atoms with Crippen LogP contribution in [0.25, 0.3) is 11.4 Å². The lowest BCUT2D eigenvalue weighted by Crippen LogP contribution is -2.16. The summed E-state index contributed by atoms with van der Waals surface area (Å²) < 4.78 is 40.8. The molecule has 0 saturated carbocycles. The van der Waals surface area contributed by atoms with E-state index in [0.717, 1.165) is 35.0 Å². The minimum Gasteiger partial charge on any atom is -0.325 e. The number of nitrogens with zero attached hydrogens (tertiary/aromatic N) is 4. The van der Waals surface area contributed by atoms with Gasteiger partial charge in [0.2, 0.25) is 5.91 Å². The number of rotatable bonds is 7. The molecule has 0 radical (unpaired) electrons. The quantitative estimate of drug-likeness (QED) is 0.376. The standard InChI is InChI=1S/C20H17ClF3N5OS/c1-12(2)10-29-18(13-5-7-25-8-6-13)27-28-19(29)31-11-17(30)26-14-3-4-16(21)15(9-14)20(22,23)24/h3-9H,1,10-11H2,2H3,(H,26,30). The number of pyridine rings is 1. The first-order valence-electron chi connectivity index (χ1n) is 8.92. The lowest BCUT2D eigenvalue weighted by atomic mass is 10.2. The second-order valence-corrected chi connectivity index (χ2v) is 7.96. The van der Waals surface area contributed by atoms with E-state index in [2.05, 4.69) is 27.1 Å². The smallest absolute Gasteiger partial charge is 0.325 e. The zero-order chi connectivity index (χ0) is 22.6. The Morgan fingerprint density at radius 3 is 2.58 bits per heavy atom. The Kier molecular flexibility index (Phi) is 7.01. The van der Waals surface area contributed by atoms with Gasteiger partial charge in [-0.15, -0.1) is 10.2 Å². The van der Waals surface area contributed by atoms with Crippen molar-refractivity contribution >= 4 is 35.0 Å². The molecule has 0 fully saturated rings. The van der Waals surface area contributed by atoms with Crippen molar-refractivity contribution in [2.45, 2.75) is 24.8 Å². The number of carbonyl (C=O) groups excluding carboxylic acids is 1. The van der Waals surface area contributed by atoms with Crippen LogP contribution in [0.5, 0.6) is 0 Å². The van der Waals surface area contributed by atoms with Crippen LogP contribution in [0.2, 0.25) is 5.02 Å². The number of thioether (sulfide) groups is 1. The van der Waals surface area contributed by atoms with Crippen LogP contribution in [0, 0.1) is 0 Å². The molecule has 0 aliphatic heterocycles. The average molecular weight is 468 g/mol. The zero-order valence-electron chi connectivity index (χ0n) is 16.3. The van der Waals surface area contributed by atoms with E-state index in [1.807, 2.05) is 11.5 Å². The van der Waals surface area contributed by atoms with Gasteiger partial charge in [-0.25, -0.2) is 0 Å². The third-order valence-corrected chi connectivity index (χ3v) is 5.27. The van der Waals surface area contributed by atoms with E-state index in [1.165, 1.54) is 6.07 Å². The van der Waals surface area contributed by atoms with Crippen LogP contribution in [0.4, 0.5) is 18.9 Å². The maximum atomic E-state index is 13.0. The Bertz CT molecular complexity index is 1100. The summed E-state index contributed by atoms with van der Waals surface area (Å²) in [4.78, 5) is 16.3. The van der Waals surface area contributed by atoms with Crippen LogP contribution in [0.15, 0.2) is 60.0 Å². The minimum absolute atomic E-state index is 0.00297. The molecule has 0 aliphatic rings. The fourth-order valence-corrected chi connectivity index (χ4v) is 3.63. The van der Waals surface area contributed by atoms with E-state index in [9.17, 15) is 18.0 Å². The largest absolute Gasteiger partial charge is 0.417 e. The van der Waals surface area contributed by atoms with Gasteiger partial charge < -0.3 is 5.32 Å². The second-order valence-electron chi connectivity index (χ2n) is 6.61. The maximum absolute atomic E-state index is 13.0. The number of nitrogens with one attached hydrogen (secondary N) is 1. The molecule has 1 aromatic carbocycles. The normalized spacial score (nSPS) is 11.4. The summed E-state index contributed by atoms with van der Waals surface area (Å²) in [6, 6.07) is 6.79. The van der Waals surface area contributed by atoms with Gasteiger partial charge in [0, 0.05) is 30.2 Å². The molecule has 31 heavy (non-hydrogen) atoms. The molecule has 11 heteroatoms. The predicted molar refractivity (Wildman–Crippen MR) is 114 cm³/mol. The van der Waals surface area contributed by atoms with Gasteiger partial charge in [0.1, 0.15) is 0 Å². The summed E-state index contributed by atoms with van der Waals surface area (Å²) in [5.74, 6) is 0.0332. The molecule has 1 N–H and O–H groups in total. The van der Waals surface area contributed by atoms with Crippen molar-refractivity contribution in [1.82, 2.24) is 19.7 Å². The van der Waals surface area contributed by atoms with Gasteiger partial charge in [-0.1, -0.05) is 35.5 Å². The van der Waals surface area contributed by atoms with Gasteiger partial charge in [0.15, 0.2) is 11.0 Å². The maximum Gasteiger partial charge on any atom is 0.417 e. The van der Waals surface area contributed by atoms with E-state index in [4.69, 9.17) is 11.6 Å². The number of amides is 1. The molecule has 0 unspecified atom stereocenters. The lowest BCUT2D eigenvalue weighted by molar-refractivity contribution is -0.137. The molecule has 0 spiro atoms. The fraction of sp³-hybridized carbons (Fsp3) is 0.200. The number of allylic oxidation sites excluding steroid dienone is 1. The van der Waals surface area contributed by atoms with E-state index in [1.54, 1.807) is 24.5 Å². The molecule has 3 rings (SSSR count). The van der Waals surface area contributed by atoms with Crippen molar-refractivity contribution in [2.24, 2.45) is 0 Å². The highest BCUT2D eigenvalue weighted by atomic mass is 35.5. The number of benzene rings is 1. The van der Waals surface area contributed by atoms with Gasteiger partial charge in [0.05, 0.1) is 16.3 Å². The van der Waals surface area contributed by atoms with Crippen LogP contribution in [0.1, 0.15) is 12.5 Å². The number of hydrogen-bond donors (Lipinski definition) is 1. The second kappa shape index (κ2) is 9.52. The number of aromatic nitrogens is 4. The van der Waals surface area contributed by atoms with Crippen LogP contribution in [0.3, 0.4) is 0 Å². The lowest BCUT2D eigenvalue weighted by Gasteiger charge is -2.12. The van der Waals surface area contributed by atoms with Crippen molar-refractivity contribution < 1.29 is 18.0 Å². The third-order valence-electron chi connectivity index (χ3n) is 3.97. The molecule has 0 aliphatic carbocycles. The average Bonchev–Trinajstić information content (AvgIpc) is 3.09. The minimum atomic E-state index is -4.62. The van der Waals surface area contributed by atoms with E-state index >= 15 is 0 Å². The van der Waals surface area contributed by atoms with Gasteiger partial charge in [-0.3, -0.25) is 14.3 Å². The topological polar surface area (TPSA) is 72.7 Å². The van der Waals surface area contributed by atoms with Crippen molar-refractivity contribution in [3.63, 3.8) is 0 Å². The van der Waals surface area contributed by atoms with Crippen molar-refractivity contribution in [3.05, 3.63) is 65.5 Å². The molecule has 2 heterocycles. The van der Waals surface area contributed by atoms with Crippen LogP contribution in [-0.2, 0) is 17.5 Å². The van der Waals surface area contributed by atoms with Gasteiger partial charge >= 0.3 is 6.18 Å². The van der Waals surface area contributed by atoms with Gasteiger partial charge in [0.25, 0.3) is 0 Å². The Balaban J connectivity index is 1.73. The number of halogens is 4. The summed E-state index contributed by atoms with van der Waals surface area (Å²) >= 11 is 6.72. The first-order valence-corrected chi connectivity index (χ1v) is 10.3.